The summed E-state index contributed by atoms with van der Waals surface area (Å²) < 4.78 is 16.0. The predicted octanol–water partition coefficient (Wildman–Crippen LogP) is 1.55. The molecular weight excluding hydrogens is 282 g/mol. The Bertz CT molecular complexity index is 266. The molecule has 1 atom stereocenters. The van der Waals surface area contributed by atoms with Crippen molar-refractivity contribution in [1.29, 1.82) is 0 Å². The lowest BCUT2D eigenvalue weighted by Gasteiger charge is -2.14. The average molecular weight is 315 g/mol. The lowest BCUT2D eigenvalue weighted by Crippen LogP contribution is -2.39. The Morgan fingerprint density at radius 2 is 2.00 bits per heavy atom. The molecule has 0 aliphatic carbocycles. The third-order valence-electron chi connectivity index (χ3n) is 3.51. The Balaban J connectivity index is 2.23. The number of hydrogen-bond donors (Lipinski definition) is 2. The molecule has 0 amide bonds. The highest BCUT2D eigenvalue weighted by Crippen LogP contribution is 2.11. The van der Waals surface area contributed by atoms with E-state index in [0.717, 1.165) is 84.1 Å². The van der Waals surface area contributed by atoms with Crippen LogP contribution < -0.4 is 10.6 Å². The Morgan fingerprint density at radius 3 is 2.68 bits per heavy atom. The molecule has 0 aromatic rings. The van der Waals surface area contributed by atoms with Gasteiger partial charge in [0.25, 0.3) is 0 Å². The predicted molar refractivity (Wildman–Crippen MR) is 89.5 cm³/mol. The molecule has 0 aromatic heterocycles. The van der Waals surface area contributed by atoms with E-state index in [9.17, 15) is 0 Å². The molecule has 1 fully saturated rings. The van der Waals surface area contributed by atoms with Crippen LogP contribution >= 0.6 is 0 Å². The van der Waals surface area contributed by atoms with Gasteiger partial charge in [0.1, 0.15) is 0 Å². The zero-order chi connectivity index (χ0) is 15.9. The maximum absolute atomic E-state index is 5.62. The molecular formula is C16H33N3O3. The molecule has 6 nitrogen and oxygen atoms in total. The zero-order valence-electron chi connectivity index (χ0n) is 14.2. The minimum atomic E-state index is 0.288. The van der Waals surface area contributed by atoms with Crippen molar-refractivity contribution in [2.45, 2.75) is 45.1 Å². The summed E-state index contributed by atoms with van der Waals surface area (Å²) in [5.41, 5.74) is 0. The molecule has 0 saturated carbocycles. The van der Waals surface area contributed by atoms with Gasteiger partial charge in [-0.15, -0.1) is 0 Å². The monoisotopic (exact) mass is 315 g/mol. The quantitative estimate of drug-likeness (QED) is 0.325. The molecule has 1 heterocycles. The SMILES string of the molecule is CCOCCCNC(=NC[C@@H]1CCCO1)NCCCCOC. The molecule has 1 aliphatic heterocycles. The molecule has 0 unspecified atom stereocenters. The van der Waals surface area contributed by atoms with E-state index < -0.39 is 0 Å². The molecule has 1 aliphatic rings. The molecule has 2 N–H and O–H groups in total. The van der Waals surface area contributed by atoms with Crippen LogP contribution in [0, 0.1) is 0 Å². The van der Waals surface area contributed by atoms with Gasteiger partial charge in [-0.3, -0.25) is 4.99 Å². The van der Waals surface area contributed by atoms with E-state index >= 15 is 0 Å². The largest absolute Gasteiger partial charge is 0.385 e. The first-order valence-corrected chi connectivity index (χ1v) is 8.57. The molecule has 6 heteroatoms. The van der Waals surface area contributed by atoms with E-state index in [2.05, 4.69) is 15.6 Å². The summed E-state index contributed by atoms with van der Waals surface area (Å²) in [5.74, 6) is 0.879. The Labute approximate surface area is 135 Å². The highest BCUT2D eigenvalue weighted by molar-refractivity contribution is 5.79. The van der Waals surface area contributed by atoms with Gasteiger partial charge in [0.05, 0.1) is 12.6 Å². The first kappa shape index (κ1) is 19.2. The van der Waals surface area contributed by atoms with Crippen LogP contribution in [0.25, 0.3) is 0 Å². The summed E-state index contributed by atoms with van der Waals surface area (Å²) >= 11 is 0. The van der Waals surface area contributed by atoms with Gasteiger partial charge in [0.15, 0.2) is 5.96 Å². The topological polar surface area (TPSA) is 64.1 Å². The number of nitrogens with zero attached hydrogens (tertiary/aromatic N) is 1. The highest BCUT2D eigenvalue weighted by atomic mass is 16.5. The van der Waals surface area contributed by atoms with Gasteiger partial charge < -0.3 is 24.8 Å². The van der Waals surface area contributed by atoms with E-state index in [1.54, 1.807) is 7.11 Å². The molecule has 0 radical (unpaired) electrons. The van der Waals surface area contributed by atoms with Crippen LogP contribution in [0.1, 0.15) is 39.0 Å². The van der Waals surface area contributed by atoms with Crippen molar-refractivity contribution in [2.75, 3.05) is 53.2 Å². The Hall–Kier alpha value is -0.850. The Kier molecular flexibility index (Phi) is 12.0. The molecule has 130 valence electrons. The van der Waals surface area contributed by atoms with Crippen molar-refractivity contribution in [3.63, 3.8) is 0 Å². The lowest BCUT2D eigenvalue weighted by molar-refractivity contribution is 0.117. The second kappa shape index (κ2) is 13.8. The van der Waals surface area contributed by atoms with Gasteiger partial charge in [0.2, 0.25) is 0 Å². The van der Waals surface area contributed by atoms with Gasteiger partial charge in [0, 0.05) is 46.6 Å². The number of nitrogens with one attached hydrogen (secondary N) is 2. The van der Waals surface area contributed by atoms with Crippen LogP contribution in [0.5, 0.6) is 0 Å². The third-order valence-corrected chi connectivity index (χ3v) is 3.51. The second-order valence-corrected chi connectivity index (χ2v) is 5.43. The van der Waals surface area contributed by atoms with E-state index in [0.29, 0.717) is 0 Å². The summed E-state index contributed by atoms with van der Waals surface area (Å²) in [6, 6.07) is 0. The Morgan fingerprint density at radius 1 is 1.18 bits per heavy atom. The summed E-state index contributed by atoms with van der Waals surface area (Å²) in [5, 5.41) is 6.75. The number of guanidine groups is 1. The molecule has 1 saturated heterocycles. The first-order chi connectivity index (χ1) is 10.9. The zero-order valence-corrected chi connectivity index (χ0v) is 14.2. The van der Waals surface area contributed by atoms with Gasteiger partial charge in [-0.2, -0.15) is 0 Å². The summed E-state index contributed by atoms with van der Waals surface area (Å²) in [7, 11) is 1.74. The highest BCUT2D eigenvalue weighted by Gasteiger charge is 2.14. The van der Waals surface area contributed by atoms with Crippen molar-refractivity contribution in [1.82, 2.24) is 10.6 Å². The van der Waals surface area contributed by atoms with Crippen LogP contribution in [0.3, 0.4) is 0 Å². The van der Waals surface area contributed by atoms with Crippen molar-refractivity contribution in [3.8, 4) is 0 Å². The molecule has 0 spiro atoms. The maximum atomic E-state index is 5.62. The van der Waals surface area contributed by atoms with Crippen molar-refractivity contribution in [2.24, 2.45) is 4.99 Å². The first-order valence-electron chi connectivity index (χ1n) is 8.57. The standard InChI is InChI=1S/C16H33N3O3/c1-3-21-12-7-10-18-16(17-9-4-5-11-20-2)19-14-15-8-6-13-22-15/h15H,3-14H2,1-2H3,(H2,17,18,19)/t15-/m0/s1. The van der Waals surface area contributed by atoms with Gasteiger partial charge in [-0.05, 0) is 39.0 Å². The van der Waals surface area contributed by atoms with E-state index in [1.807, 2.05) is 6.92 Å². The van der Waals surface area contributed by atoms with Crippen LogP contribution in [-0.2, 0) is 14.2 Å². The molecule has 1 rings (SSSR count). The van der Waals surface area contributed by atoms with E-state index in [1.165, 1.54) is 0 Å². The fraction of sp³-hybridized carbons (Fsp3) is 0.938. The summed E-state index contributed by atoms with van der Waals surface area (Å²) in [6.07, 6.45) is 5.69. The third kappa shape index (κ3) is 9.97. The van der Waals surface area contributed by atoms with Crippen molar-refractivity contribution >= 4 is 5.96 Å². The van der Waals surface area contributed by atoms with Crippen molar-refractivity contribution < 1.29 is 14.2 Å². The molecule has 22 heavy (non-hydrogen) atoms. The maximum Gasteiger partial charge on any atom is 0.191 e. The smallest absolute Gasteiger partial charge is 0.191 e. The van der Waals surface area contributed by atoms with Gasteiger partial charge in [-0.25, -0.2) is 0 Å². The average Bonchev–Trinajstić information content (AvgIpc) is 3.04. The minimum absolute atomic E-state index is 0.288. The fourth-order valence-electron chi connectivity index (χ4n) is 2.26. The minimum Gasteiger partial charge on any atom is -0.385 e. The van der Waals surface area contributed by atoms with E-state index in [-0.39, 0.29) is 6.10 Å². The van der Waals surface area contributed by atoms with Crippen LogP contribution in [0.2, 0.25) is 0 Å². The number of rotatable bonds is 12. The van der Waals surface area contributed by atoms with Crippen LogP contribution in [-0.4, -0.2) is 65.2 Å². The number of aliphatic imine (C=N–C) groups is 1. The van der Waals surface area contributed by atoms with Crippen molar-refractivity contribution in [3.05, 3.63) is 0 Å². The number of hydrogen-bond acceptors (Lipinski definition) is 4. The lowest BCUT2D eigenvalue weighted by atomic mass is 10.2. The number of methoxy groups -OCH3 is 1. The fourth-order valence-corrected chi connectivity index (χ4v) is 2.26. The molecule has 0 aromatic carbocycles. The van der Waals surface area contributed by atoms with E-state index in [4.69, 9.17) is 14.2 Å². The van der Waals surface area contributed by atoms with Crippen LogP contribution in [0.15, 0.2) is 4.99 Å². The summed E-state index contributed by atoms with van der Waals surface area (Å²) in [6.45, 7) is 7.78. The normalized spacial score (nSPS) is 18.6. The number of ether oxygens (including phenoxy) is 3. The van der Waals surface area contributed by atoms with Crippen LogP contribution in [0.4, 0.5) is 0 Å². The number of unbranched alkanes of at least 4 members (excludes halogenated alkanes) is 1. The van der Waals surface area contributed by atoms with Gasteiger partial charge >= 0.3 is 0 Å². The van der Waals surface area contributed by atoms with Gasteiger partial charge in [-0.1, -0.05) is 0 Å². The molecule has 0 bridgehead atoms. The summed E-state index contributed by atoms with van der Waals surface area (Å²) in [4.78, 5) is 4.64. The second-order valence-electron chi connectivity index (χ2n) is 5.43.